The van der Waals surface area contributed by atoms with Crippen LogP contribution in [0.1, 0.15) is 58.2 Å². The summed E-state index contributed by atoms with van der Waals surface area (Å²) in [5, 5.41) is 15.2. The number of nitrogens with zero attached hydrogens (tertiary/aromatic N) is 3. The van der Waals surface area contributed by atoms with Crippen LogP contribution >= 0.6 is 0 Å². The minimum absolute atomic E-state index is 0.0432. The van der Waals surface area contributed by atoms with E-state index in [1.54, 1.807) is 0 Å². The molecular formula is C45H39N3. The smallest absolute Gasteiger partial charge is 0.0992 e. The molecule has 0 unspecified atom stereocenters. The summed E-state index contributed by atoms with van der Waals surface area (Å²) in [6.45, 7) is 13.6. The van der Waals surface area contributed by atoms with E-state index in [-0.39, 0.29) is 10.8 Å². The lowest BCUT2D eigenvalue weighted by molar-refractivity contribution is 0.591. The predicted molar refractivity (Wildman–Crippen MR) is 203 cm³/mol. The highest BCUT2D eigenvalue weighted by molar-refractivity contribution is 6.10. The van der Waals surface area contributed by atoms with Crippen LogP contribution in [0.3, 0.4) is 0 Å². The Labute approximate surface area is 282 Å². The summed E-state index contributed by atoms with van der Waals surface area (Å²) in [5.74, 6) is 0. The van der Waals surface area contributed by atoms with Crippen molar-refractivity contribution in [3.63, 3.8) is 0 Å². The zero-order valence-electron chi connectivity index (χ0n) is 28.5. The lowest BCUT2D eigenvalue weighted by Crippen LogP contribution is -2.10. The summed E-state index contributed by atoms with van der Waals surface area (Å²) >= 11 is 0. The van der Waals surface area contributed by atoms with Crippen LogP contribution in [-0.4, -0.2) is 9.13 Å². The standard InChI is InChI=1S/C45H39N3/c1-44(2,3)32-18-20-42-38(26-32)36-14-7-9-16-40(36)47(42)34-13-11-12-30(24-34)31-22-29(28-46)23-35(25-31)48-41-17-10-8-15-37(41)39-27-33(45(4,5)6)19-21-43(39)48/h7-27H,1-6H3. The molecule has 0 saturated heterocycles. The summed E-state index contributed by atoms with van der Waals surface area (Å²) in [6, 6.07) is 48.4. The zero-order chi connectivity index (χ0) is 33.4. The highest BCUT2D eigenvalue weighted by atomic mass is 15.0. The number of rotatable bonds is 3. The molecule has 2 aromatic heterocycles. The van der Waals surface area contributed by atoms with Gasteiger partial charge in [0.2, 0.25) is 0 Å². The molecule has 0 amide bonds. The van der Waals surface area contributed by atoms with E-state index in [0.29, 0.717) is 5.56 Å². The molecule has 3 nitrogen and oxygen atoms in total. The van der Waals surface area contributed by atoms with Crippen molar-refractivity contribution in [2.75, 3.05) is 0 Å². The van der Waals surface area contributed by atoms with Crippen LogP contribution in [-0.2, 0) is 10.8 Å². The SMILES string of the molecule is CC(C)(C)c1ccc2c(c1)c1ccccc1n2-c1cccc(-c2cc(C#N)cc(-n3c4ccccc4c4cc(C(C)(C)C)ccc43)c2)c1. The van der Waals surface area contributed by atoms with E-state index >= 15 is 0 Å². The Bertz CT molecular complexity index is 2590. The number of nitriles is 1. The normalized spacial score (nSPS) is 12.4. The maximum absolute atomic E-state index is 10.2. The number of hydrogen-bond acceptors (Lipinski definition) is 1. The Morgan fingerprint density at radius 2 is 0.938 bits per heavy atom. The topological polar surface area (TPSA) is 33.6 Å². The molecule has 0 radical (unpaired) electrons. The van der Waals surface area contributed by atoms with Crippen LogP contribution < -0.4 is 0 Å². The summed E-state index contributed by atoms with van der Waals surface area (Å²) in [7, 11) is 0. The van der Waals surface area contributed by atoms with Crippen LogP contribution in [0.15, 0.2) is 127 Å². The van der Waals surface area contributed by atoms with Gasteiger partial charge in [-0.05, 0) is 99.8 Å². The fourth-order valence-electron chi connectivity index (χ4n) is 7.23. The van der Waals surface area contributed by atoms with Crippen molar-refractivity contribution in [2.24, 2.45) is 0 Å². The molecular weight excluding hydrogens is 583 g/mol. The van der Waals surface area contributed by atoms with Crippen molar-refractivity contribution >= 4 is 43.6 Å². The maximum atomic E-state index is 10.2. The van der Waals surface area contributed by atoms with Gasteiger partial charge in [0.15, 0.2) is 0 Å². The fraction of sp³-hybridized carbons (Fsp3) is 0.178. The molecule has 234 valence electrons. The van der Waals surface area contributed by atoms with Crippen molar-refractivity contribution in [3.05, 3.63) is 144 Å². The highest BCUT2D eigenvalue weighted by Crippen LogP contribution is 2.38. The highest BCUT2D eigenvalue weighted by Gasteiger charge is 2.20. The number of fused-ring (bicyclic) bond motifs is 6. The lowest BCUT2D eigenvalue weighted by Gasteiger charge is -2.19. The number of benzene rings is 6. The third kappa shape index (κ3) is 4.79. The van der Waals surface area contributed by atoms with E-state index in [0.717, 1.165) is 33.5 Å². The first-order valence-corrected chi connectivity index (χ1v) is 16.7. The Morgan fingerprint density at radius 1 is 0.438 bits per heavy atom. The molecule has 0 fully saturated rings. The molecule has 0 aliphatic heterocycles. The molecule has 0 spiro atoms. The fourth-order valence-corrected chi connectivity index (χ4v) is 7.23. The first-order valence-electron chi connectivity index (χ1n) is 16.7. The van der Waals surface area contributed by atoms with Gasteiger partial charge < -0.3 is 9.13 Å². The van der Waals surface area contributed by atoms with Gasteiger partial charge in [0.25, 0.3) is 0 Å². The summed E-state index contributed by atoms with van der Waals surface area (Å²) in [6.07, 6.45) is 0. The maximum Gasteiger partial charge on any atom is 0.0992 e. The Hall–Kier alpha value is -5.59. The van der Waals surface area contributed by atoms with E-state index in [1.807, 2.05) is 12.1 Å². The molecule has 2 heterocycles. The van der Waals surface area contributed by atoms with Crippen LogP contribution in [0, 0.1) is 11.3 Å². The average Bonchev–Trinajstić information content (AvgIpc) is 3.59. The lowest BCUT2D eigenvalue weighted by atomic mass is 9.86. The van der Waals surface area contributed by atoms with E-state index in [9.17, 15) is 5.26 Å². The largest absolute Gasteiger partial charge is 0.309 e. The second-order valence-corrected chi connectivity index (χ2v) is 15.1. The first-order chi connectivity index (χ1) is 23.0. The van der Waals surface area contributed by atoms with Gasteiger partial charge in [0.05, 0.1) is 33.7 Å². The van der Waals surface area contributed by atoms with Gasteiger partial charge in [-0.2, -0.15) is 5.26 Å². The van der Waals surface area contributed by atoms with E-state index in [4.69, 9.17) is 0 Å². The number of para-hydroxylation sites is 2. The van der Waals surface area contributed by atoms with Gasteiger partial charge in [-0.1, -0.05) is 102 Å². The monoisotopic (exact) mass is 621 g/mol. The van der Waals surface area contributed by atoms with Crippen molar-refractivity contribution in [1.29, 1.82) is 5.26 Å². The quantitative estimate of drug-likeness (QED) is 0.193. The van der Waals surface area contributed by atoms with Crippen LogP contribution in [0.4, 0.5) is 0 Å². The second-order valence-electron chi connectivity index (χ2n) is 15.1. The second kappa shape index (κ2) is 10.7. The summed E-state index contributed by atoms with van der Waals surface area (Å²) < 4.78 is 4.68. The Balaban J connectivity index is 1.32. The third-order valence-electron chi connectivity index (χ3n) is 9.82. The number of hydrogen-bond donors (Lipinski definition) is 0. The Morgan fingerprint density at radius 3 is 1.48 bits per heavy atom. The molecule has 8 aromatic rings. The van der Waals surface area contributed by atoms with Crippen LogP contribution in [0.5, 0.6) is 0 Å². The molecule has 0 atom stereocenters. The summed E-state index contributed by atoms with van der Waals surface area (Å²) in [5.41, 5.74) is 12.2. The van der Waals surface area contributed by atoms with Gasteiger partial charge in [-0.3, -0.25) is 0 Å². The third-order valence-corrected chi connectivity index (χ3v) is 9.82. The van der Waals surface area contributed by atoms with E-state index in [1.165, 1.54) is 43.7 Å². The van der Waals surface area contributed by atoms with Crippen molar-refractivity contribution in [1.82, 2.24) is 9.13 Å². The molecule has 0 bridgehead atoms. The van der Waals surface area contributed by atoms with Gasteiger partial charge in [0, 0.05) is 32.9 Å². The predicted octanol–water partition coefficient (Wildman–Crippen LogP) is 12.0. The molecule has 0 N–H and O–H groups in total. The molecule has 6 aromatic carbocycles. The molecule has 48 heavy (non-hydrogen) atoms. The molecule has 3 heteroatoms. The van der Waals surface area contributed by atoms with E-state index in [2.05, 4.69) is 172 Å². The van der Waals surface area contributed by atoms with Gasteiger partial charge in [-0.15, -0.1) is 0 Å². The number of aromatic nitrogens is 2. The first kappa shape index (κ1) is 29.8. The summed E-state index contributed by atoms with van der Waals surface area (Å²) in [4.78, 5) is 0. The molecule has 0 saturated carbocycles. The van der Waals surface area contributed by atoms with Gasteiger partial charge >= 0.3 is 0 Å². The van der Waals surface area contributed by atoms with Crippen LogP contribution in [0.2, 0.25) is 0 Å². The van der Waals surface area contributed by atoms with Crippen molar-refractivity contribution < 1.29 is 0 Å². The van der Waals surface area contributed by atoms with Gasteiger partial charge in [0.1, 0.15) is 0 Å². The molecule has 0 aliphatic rings. The van der Waals surface area contributed by atoms with Crippen molar-refractivity contribution in [2.45, 2.75) is 52.4 Å². The van der Waals surface area contributed by atoms with E-state index < -0.39 is 0 Å². The van der Waals surface area contributed by atoms with Crippen molar-refractivity contribution in [3.8, 4) is 28.6 Å². The average molecular weight is 622 g/mol. The minimum Gasteiger partial charge on any atom is -0.309 e. The van der Waals surface area contributed by atoms with Gasteiger partial charge in [-0.25, -0.2) is 0 Å². The minimum atomic E-state index is 0.0432. The van der Waals surface area contributed by atoms with Crippen LogP contribution in [0.25, 0.3) is 66.1 Å². The Kier molecular flexibility index (Phi) is 6.65. The zero-order valence-corrected chi connectivity index (χ0v) is 28.5. The molecule has 0 aliphatic carbocycles. The molecule has 8 rings (SSSR count).